The van der Waals surface area contributed by atoms with Crippen molar-refractivity contribution in [1.29, 1.82) is 0 Å². The van der Waals surface area contributed by atoms with Gasteiger partial charge in [-0.15, -0.1) is 0 Å². The predicted octanol–water partition coefficient (Wildman–Crippen LogP) is 2.29. The Morgan fingerprint density at radius 2 is 2.00 bits per heavy atom. The Kier molecular flexibility index (Phi) is 9.73. The van der Waals surface area contributed by atoms with E-state index >= 15 is 0 Å². The highest BCUT2D eigenvalue weighted by Gasteiger charge is 2.17. The summed E-state index contributed by atoms with van der Waals surface area (Å²) in [5.74, 6) is 1.45. The lowest BCUT2D eigenvalue weighted by Crippen LogP contribution is -2.40. The van der Waals surface area contributed by atoms with Crippen LogP contribution in [0.5, 0.6) is 5.75 Å². The Bertz CT molecular complexity index is 735. The number of nitrogens with one attached hydrogen (secondary N) is 2. The summed E-state index contributed by atoms with van der Waals surface area (Å²) in [6.45, 7) is 9.38. The van der Waals surface area contributed by atoms with Gasteiger partial charge in [0.1, 0.15) is 12.4 Å². The molecule has 29 heavy (non-hydrogen) atoms. The van der Waals surface area contributed by atoms with Gasteiger partial charge < -0.3 is 20.3 Å². The van der Waals surface area contributed by atoms with Gasteiger partial charge in [-0.2, -0.15) is 0 Å². The molecule has 1 saturated heterocycles. The quantitative estimate of drug-likeness (QED) is 0.341. The number of nitrogens with zero attached hydrogens (tertiary/aromatic N) is 2. The van der Waals surface area contributed by atoms with Crippen LogP contribution in [0.4, 0.5) is 0 Å². The number of guanidine groups is 1. The van der Waals surface area contributed by atoms with E-state index in [2.05, 4.69) is 27.4 Å². The Balaban J connectivity index is 1.69. The van der Waals surface area contributed by atoms with E-state index in [1.54, 1.807) is 24.3 Å². The minimum absolute atomic E-state index is 0.295. The molecule has 1 atom stereocenters. The second-order valence-corrected chi connectivity index (χ2v) is 9.53. The highest BCUT2D eigenvalue weighted by atomic mass is 32.2. The second kappa shape index (κ2) is 12.0. The van der Waals surface area contributed by atoms with Gasteiger partial charge in [-0.3, -0.25) is 4.99 Å². The van der Waals surface area contributed by atoms with Crippen molar-refractivity contribution in [2.24, 2.45) is 4.99 Å². The van der Waals surface area contributed by atoms with Gasteiger partial charge in [0.25, 0.3) is 0 Å². The summed E-state index contributed by atoms with van der Waals surface area (Å²) >= 11 is 0. The van der Waals surface area contributed by atoms with Crippen LogP contribution in [0, 0.1) is 0 Å². The van der Waals surface area contributed by atoms with Gasteiger partial charge >= 0.3 is 0 Å². The number of hydrogen-bond acceptors (Lipinski definition) is 5. The number of ether oxygens (including phenoxy) is 1. The predicted molar refractivity (Wildman–Crippen MR) is 119 cm³/mol. The molecule has 1 heterocycles. The minimum Gasteiger partial charge on any atom is -0.492 e. The molecule has 1 fully saturated rings. The second-order valence-electron chi connectivity index (χ2n) is 7.51. The molecule has 1 aromatic carbocycles. The molecule has 0 saturated carbocycles. The zero-order valence-electron chi connectivity index (χ0n) is 18.0. The van der Waals surface area contributed by atoms with Crippen molar-refractivity contribution in [3.8, 4) is 5.75 Å². The molecular weight excluding hydrogens is 388 g/mol. The molecule has 164 valence electrons. The minimum atomic E-state index is -3.18. The van der Waals surface area contributed by atoms with Crippen LogP contribution in [0.25, 0.3) is 0 Å². The lowest BCUT2D eigenvalue weighted by Gasteiger charge is -2.33. The smallest absolute Gasteiger partial charge is 0.191 e. The first-order valence-corrected chi connectivity index (χ1v) is 12.5. The maximum absolute atomic E-state index is 11.5. The van der Waals surface area contributed by atoms with E-state index in [1.807, 2.05) is 6.92 Å². The van der Waals surface area contributed by atoms with E-state index in [0.29, 0.717) is 29.8 Å². The molecule has 0 bridgehead atoms. The molecular formula is C21H36N4O3S. The first kappa shape index (κ1) is 23.5. The topological polar surface area (TPSA) is 83.0 Å². The van der Waals surface area contributed by atoms with E-state index in [4.69, 9.17) is 4.74 Å². The van der Waals surface area contributed by atoms with Crippen LogP contribution in [0.2, 0.25) is 0 Å². The maximum Gasteiger partial charge on any atom is 0.191 e. The summed E-state index contributed by atoms with van der Waals surface area (Å²) < 4.78 is 28.6. The van der Waals surface area contributed by atoms with Crippen LogP contribution >= 0.6 is 0 Å². The van der Waals surface area contributed by atoms with Gasteiger partial charge in [-0.05, 0) is 63.9 Å². The molecule has 0 spiro atoms. The fourth-order valence-corrected chi connectivity index (χ4v) is 4.05. The standard InChI is InChI=1S/C21H36N4O3S/c1-4-22-21(23-13-7-16-25-15-6-5-8-18(25)2)24-14-17-28-19-9-11-20(12-10-19)29(3,26)27/h9-12,18H,4-8,13-17H2,1-3H3,(H2,22,23,24). The third-order valence-electron chi connectivity index (χ3n) is 5.07. The molecule has 0 aromatic heterocycles. The van der Waals surface area contributed by atoms with Gasteiger partial charge in [-0.25, -0.2) is 8.42 Å². The lowest BCUT2D eigenvalue weighted by atomic mass is 10.0. The number of likely N-dealkylation sites (tertiary alicyclic amines) is 1. The highest BCUT2D eigenvalue weighted by molar-refractivity contribution is 7.90. The number of hydrogen-bond donors (Lipinski definition) is 2. The van der Waals surface area contributed by atoms with E-state index in [1.165, 1.54) is 32.1 Å². The van der Waals surface area contributed by atoms with Gasteiger partial charge in [0.2, 0.25) is 0 Å². The van der Waals surface area contributed by atoms with Crippen LogP contribution in [0.15, 0.2) is 34.2 Å². The van der Waals surface area contributed by atoms with Crippen molar-refractivity contribution in [1.82, 2.24) is 15.5 Å². The van der Waals surface area contributed by atoms with Crippen LogP contribution < -0.4 is 15.4 Å². The first-order chi connectivity index (χ1) is 13.9. The van der Waals surface area contributed by atoms with Gasteiger partial charge in [0.15, 0.2) is 15.8 Å². The lowest BCUT2D eigenvalue weighted by molar-refractivity contribution is 0.160. The van der Waals surface area contributed by atoms with Crippen molar-refractivity contribution in [3.63, 3.8) is 0 Å². The Morgan fingerprint density at radius 1 is 1.24 bits per heavy atom. The molecule has 0 radical (unpaired) electrons. The van der Waals surface area contributed by atoms with Crippen molar-refractivity contribution < 1.29 is 13.2 Å². The van der Waals surface area contributed by atoms with E-state index < -0.39 is 9.84 Å². The largest absolute Gasteiger partial charge is 0.492 e. The van der Waals surface area contributed by atoms with Crippen molar-refractivity contribution in [3.05, 3.63) is 24.3 Å². The molecule has 7 nitrogen and oxygen atoms in total. The van der Waals surface area contributed by atoms with Crippen molar-refractivity contribution in [2.45, 2.75) is 50.5 Å². The molecule has 8 heteroatoms. The van der Waals surface area contributed by atoms with Crippen LogP contribution in [-0.2, 0) is 9.84 Å². The molecule has 1 aliphatic rings. The third kappa shape index (κ3) is 8.62. The Hall–Kier alpha value is -1.80. The van der Waals surface area contributed by atoms with Crippen molar-refractivity contribution >= 4 is 15.8 Å². The molecule has 1 unspecified atom stereocenters. The Labute approximate surface area is 175 Å². The first-order valence-electron chi connectivity index (χ1n) is 10.6. The summed E-state index contributed by atoms with van der Waals surface area (Å²) in [6.07, 6.45) is 6.24. The molecule has 1 aromatic rings. The zero-order chi connectivity index (χ0) is 21.1. The number of sulfone groups is 1. The number of piperidine rings is 1. The fourth-order valence-electron chi connectivity index (χ4n) is 3.42. The monoisotopic (exact) mass is 424 g/mol. The summed E-state index contributed by atoms with van der Waals surface area (Å²) in [4.78, 5) is 7.52. The van der Waals surface area contributed by atoms with Crippen LogP contribution in [0.1, 0.15) is 39.5 Å². The normalized spacial score (nSPS) is 18.4. The van der Waals surface area contributed by atoms with E-state index in [0.717, 1.165) is 32.0 Å². The molecule has 0 amide bonds. The highest BCUT2D eigenvalue weighted by Crippen LogP contribution is 2.16. The third-order valence-corrected chi connectivity index (χ3v) is 6.20. The van der Waals surface area contributed by atoms with E-state index in [9.17, 15) is 8.42 Å². The Morgan fingerprint density at radius 3 is 2.66 bits per heavy atom. The zero-order valence-corrected chi connectivity index (χ0v) is 18.8. The summed E-state index contributed by atoms with van der Waals surface area (Å²) in [5, 5.41) is 6.53. The summed E-state index contributed by atoms with van der Waals surface area (Å²) in [7, 11) is -3.18. The SMILES string of the molecule is CCNC(=NCCCN1CCCCC1C)NCCOc1ccc(S(C)(=O)=O)cc1. The fraction of sp³-hybridized carbons (Fsp3) is 0.667. The van der Waals surface area contributed by atoms with E-state index in [-0.39, 0.29) is 0 Å². The maximum atomic E-state index is 11.5. The molecule has 0 aliphatic carbocycles. The van der Waals surface area contributed by atoms with Crippen LogP contribution in [0.3, 0.4) is 0 Å². The number of benzene rings is 1. The molecule has 2 rings (SSSR count). The summed E-state index contributed by atoms with van der Waals surface area (Å²) in [6, 6.07) is 7.18. The van der Waals surface area contributed by atoms with Crippen LogP contribution in [-0.4, -0.2) is 70.9 Å². The summed E-state index contributed by atoms with van der Waals surface area (Å²) in [5.41, 5.74) is 0. The molecule has 1 aliphatic heterocycles. The average molecular weight is 425 g/mol. The number of rotatable bonds is 10. The van der Waals surface area contributed by atoms with Gasteiger partial charge in [0.05, 0.1) is 11.4 Å². The van der Waals surface area contributed by atoms with Gasteiger partial charge in [-0.1, -0.05) is 6.42 Å². The van der Waals surface area contributed by atoms with Gasteiger partial charge in [0, 0.05) is 31.9 Å². The average Bonchev–Trinajstić information content (AvgIpc) is 2.69. The molecule has 2 N–H and O–H groups in total. The van der Waals surface area contributed by atoms with Crippen molar-refractivity contribution in [2.75, 3.05) is 45.6 Å². The number of aliphatic imine (C=N–C) groups is 1.